The summed E-state index contributed by atoms with van der Waals surface area (Å²) in [6.07, 6.45) is 10.8. The van der Waals surface area contributed by atoms with E-state index in [0.717, 1.165) is 37.2 Å². The SMILES string of the molecule is CCCCCCCCCOc1ccc2c(c1)CC[C@H]2O. The van der Waals surface area contributed by atoms with Crippen LogP contribution in [0.3, 0.4) is 0 Å². The molecule has 1 aliphatic rings. The van der Waals surface area contributed by atoms with Gasteiger partial charge in [0.2, 0.25) is 0 Å². The Bertz CT molecular complexity index is 400. The molecule has 0 saturated heterocycles. The van der Waals surface area contributed by atoms with Gasteiger partial charge in [0.25, 0.3) is 0 Å². The normalized spacial score (nSPS) is 17.2. The fraction of sp³-hybridized carbons (Fsp3) is 0.667. The van der Waals surface area contributed by atoms with Crippen LogP contribution in [0.5, 0.6) is 5.75 Å². The van der Waals surface area contributed by atoms with E-state index in [1.165, 1.54) is 44.1 Å². The molecule has 1 aromatic rings. The summed E-state index contributed by atoms with van der Waals surface area (Å²) in [5.74, 6) is 0.962. The third-order valence-electron chi connectivity index (χ3n) is 4.18. The van der Waals surface area contributed by atoms with Crippen LogP contribution in [0.2, 0.25) is 0 Å². The van der Waals surface area contributed by atoms with Gasteiger partial charge in [0.1, 0.15) is 5.75 Å². The molecule has 0 amide bonds. The molecule has 0 spiro atoms. The molecule has 1 N–H and O–H groups in total. The van der Waals surface area contributed by atoms with Crippen molar-refractivity contribution in [2.75, 3.05) is 6.61 Å². The van der Waals surface area contributed by atoms with Gasteiger partial charge in [0, 0.05) is 0 Å². The predicted molar refractivity (Wildman–Crippen MR) is 83.2 cm³/mol. The number of unbranched alkanes of at least 4 members (excludes halogenated alkanes) is 6. The fourth-order valence-electron chi connectivity index (χ4n) is 2.91. The molecule has 0 aromatic heterocycles. The minimum absolute atomic E-state index is 0.262. The summed E-state index contributed by atoms with van der Waals surface area (Å²) in [5, 5.41) is 9.77. The minimum Gasteiger partial charge on any atom is -0.494 e. The van der Waals surface area contributed by atoms with Crippen LogP contribution < -0.4 is 4.74 Å². The molecule has 0 heterocycles. The van der Waals surface area contributed by atoms with Crippen LogP contribution >= 0.6 is 0 Å². The van der Waals surface area contributed by atoms with E-state index in [4.69, 9.17) is 4.74 Å². The van der Waals surface area contributed by atoms with Gasteiger partial charge in [-0.2, -0.15) is 0 Å². The van der Waals surface area contributed by atoms with Crippen LogP contribution in [0, 0.1) is 0 Å². The zero-order chi connectivity index (χ0) is 14.2. The number of ether oxygens (including phenoxy) is 1. The zero-order valence-electron chi connectivity index (χ0n) is 12.7. The maximum atomic E-state index is 9.77. The van der Waals surface area contributed by atoms with E-state index in [-0.39, 0.29) is 6.10 Å². The minimum atomic E-state index is -0.262. The highest BCUT2D eigenvalue weighted by atomic mass is 16.5. The van der Waals surface area contributed by atoms with Crippen molar-refractivity contribution in [2.45, 2.75) is 70.8 Å². The number of hydrogen-bond donors (Lipinski definition) is 1. The highest BCUT2D eigenvalue weighted by molar-refractivity contribution is 5.39. The monoisotopic (exact) mass is 276 g/mol. The van der Waals surface area contributed by atoms with E-state index in [9.17, 15) is 5.11 Å². The first-order chi connectivity index (χ1) is 9.81. The maximum absolute atomic E-state index is 9.77. The maximum Gasteiger partial charge on any atom is 0.119 e. The quantitative estimate of drug-likeness (QED) is 0.657. The van der Waals surface area contributed by atoms with Gasteiger partial charge in [-0.15, -0.1) is 0 Å². The Labute approximate surface area is 123 Å². The number of rotatable bonds is 9. The summed E-state index contributed by atoms with van der Waals surface area (Å²) in [7, 11) is 0. The summed E-state index contributed by atoms with van der Waals surface area (Å²) < 4.78 is 5.81. The summed E-state index contributed by atoms with van der Waals surface area (Å²) in [6.45, 7) is 3.07. The average molecular weight is 276 g/mol. The second-order valence-electron chi connectivity index (χ2n) is 5.88. The number of benzene rings is 1. The van der Waals surface area contributed by atoms with Crippen molar-refractivity contribution in [1.82, 2.24) is 0 Å². The topological polar surface area (TPSA) is 29.5 Å². The van der Waals surface area contributed by atoms with Crippen molar-refractivity contribution in [3.63, 3.8) is 0 Å². The van der Waals surface area contributed by atoms with Crippen molar-refractivity contribution < 1.29 is 9.84 Å². The molecule has 20 heavy (non-hydrogen) atoms. The van der Waals surface area contributed by atoms with Crippen LogP contribution in [0.1, 0.15) is 75.5 Å². The van der Waals surface area contributed by atoms with Crippen LogP contribution in [0.4, 0.5) is 0 Å². The first-order valence-corrected chi connectivity index (χ1v) is 8.25. The first kappa shape index (κ1) is 15.4. The molecule has 1 atom stereocenters. The Morgan fingerprint density at radius 2 is 1.85 bits per heavy atom. The predicted octanol–water partition coefficient (Wildman–Crippen LogP) is 4.80. The van der Waals surface area contributed by atoms with Crippen molar-refractivity contribution in [2.24, 2.45) is 0 Å². The summed E-state index contributed by atoms with van der Waals surface area (Å²) in [4.78, 5) is 0. The average Bonchev–Trinajstić information content (AvgIpc) is 2.83. The molecule has 0 unspecified atom stereocenters. The molecule has 0 fully saturated rings. The van der Waals surface area contributed by atoms with E-state index in [1.54, 1.807) is 0 Å². The number of aryl methyl sites for hydroxylation is 1. The molecule has 0 saturated carbocycles. The van der Waals surface area contributed by atoms with Gasteiger partial charge >= 0.3 is 0 Å². The molecule has 1 aromatic carbocycles. The summed E-state index contributed by atoms with van der Waals surface area (Å²) in [6, 6.07) is 6.12. The van der Waals surface area contributed by atoms with E-state index in [0.29, 0.717) is 0 Å². The number of aliphatic hydroxyl groups excluding tert-OH is 1. The summed E-state index contributed by atoms with van der Waals surface area (Å²) in [5.41, 5.74) is 2.35. The Balaban J connectivity index is 1.60. The molecule has 2 rings (SSSR count). The van der Waals surface area contributed by atoms with Crippen LogP contribution in [-0.4, -0.2) is 11.7 Å². The zero-order valence-corrected chi connectivity index (χ0v) is 12.7. The fourth-order valence-corrected chi connectivity index (χ4v) is 2.91. The van der Waals surface area contributed by atoms with Gasteiger partial charge in [0.15, 0.2) is 0 Å². The Kier molecular flexibility index (Phi) is 6.38. The van der Waals surface area contributed by atoms with Gasteiger partial charge in [-0.05, 0) is 42.5 Å². The highest BCUT2D eigenvalue weighted by Gasteiger charge is 2.20. The Morgan fingerprint density at radius 1 is 1.10 bits per heavy atom. The Morgan fingerprint density at radius 3 is 2.65 bits per heavy atom. The molecule has 1 aliphatic carbocycles. The molecular weight excluding hydrogens is 248 g/mol. The first-order valence-electron chi connectivity index (χ1n) is 8.25. The standard InChI is InChI=1S/C18H28O2/c1-2-3-4-5-6-7-8-13-20-16-10-11-17-15(14-16)9-12-18(17)19/h10-11,14,18-19H,2-9,12-13H2,1H3/t18-/m1/s1. The summed E-state index contributed by atoms with van der Waals surface area (Å²) >= 11 is 0. The molecule has 2 heteroatoms. The van der Waals surface area contributed by atoms with Crippen LogP contribution in [0.15, 0.2) is 18.2 Å². The smallest absolute Gasteiger partial charge is 0.119 e. The molecule has 112 valence electrons. The largest absolute Gasteiger partial charge is 0.494 e. The second kappa shape index (κ2) is 8.31. The van der Waals surface area contributed by atoms with E-state index in [2.05, 4.69) is 13.0 Å². The number of fused-ring (bicyclic) bond motifs is 1. The van der Waals surface area contributed by atoms with Crippen molar-refractivity contribution in [3.8, 4) is 5.75 Å². The molecule has 0 bridgehead atoms. The number of hydrogen-bond acceptors (Lipinski definition) is 2. The second-order valence-corrected chi connectivity index (χ2v) is 5.88. The lowest BCUT2D eigenvalue weighted by Gasteiger charge is -2.09. The van der Waals surface area contributed by atoms with Gasteiger partial charge in [-0.3, -0.25) is 0 Å². The molecular formula is C18H28O2. The van der Waals surface area contributed by atoms with E-state index >= 15 is 0 Å². The Hall–Kier alpha value is -1.02. The van der Waals surface area contributed by atoms with Gasteiger partial charge in [-0.1, -0.05) is 51.5 Å². The van der Waals surface area contributed by atoms with E-state index in [1.807, 2.05) is 12.1 Å². The van der Waals surface area contributed by atoms with Crippen LogP contribution in [-0.2, 0) is 6.42 Å². The molecule has 2 nitrogen and oxygen atoms in total. The lowest BCUT2D eigenvalue weighted by Crippen LogP contribution is -1.98. The van der Waals surface area contributed by atoms with Crippen molar-refractivity contribution in [1.29, 1.82) is 0 Å². The highest BCUT2D eigenvalue weighted by Crippen LogP contribution is 2.33. The molecule has 0 aliphatic heterocycles. The third kappa shape index (κ3) is 4.52. The van der Waals surface area contributed by atoms with Gasteiger partial charge in [-0.25, -0.2) is 0 Å². The van der Waals surface area contributed by atoms with Crippen LogP contribution in [0.25, 0.3) is 0 Å². The van der Waals surface area contributed by atoms with Crippen molar-refractivity contribution >= 4 is 0 Å². The third-order valence-corrected chi connectivity index (χ3v) is 4.18. The number of aliphatic hydroxyl groups is 1. The lowest BCUT2D eigenvalue weighted by molar-refractivity contribution is 0.180. The lowest BCUT2D eigenvalue weighted by atomic mass is 10.1. The van der Waals surface area contributed by atoms with Gasteiger partial charge < -0.3 is 9.84 Å². The van der Waals surface area contributed by atoms with Gasteiger partial charge in [0.05, 0.1) is 12.7 Å². The van der Waals surface area contributed by atoms with Crippen molar-refractivity contribution in [3.05, 3.63) is 29.3 Å². The van der Waals surface area contributed by atoms with E-state index < -0.39 is 0 Å². The molecule has 0 radical (unpaired) electrons.